The summed E-state index contributed by atoms with van der Waals surface area (Å²) in [4.78, 5) is 15.8. The predicted molar refractivity (Wildman–Crippen MR) is 91.4 cm³/mol. The molecule has 0 radical (unpaired) electrons. The number of aromatic nitrogens is 6. The maximum atomic E-state index is 4.53. The summed E-state index contributed by atoms with van der Waals surface area (Å²) < 4.78 is 4.30. The third-order valence-electron chi connectivity index (χ3n) is 4.37. The fourth-order valence-corrected chi connectivity index (χ4v) is 4.02. The Kier molecular flexibility index (Phi) is 4.15. The molecule has 4 heterocycles. The predicted octanol–water partition coefficient (Wildman–Crippen LogP) is 1.88. The molecule has 0 amide bonds. The topological polar surface area (TPSA) is 64.7 Å². The van der Waals surface area contributed by atoms with Gasteiger partial charge >= 0.3 is 0 Å². The smallest absolute Gasteiger partial charge is 0.147 e. The molecular weight excluding hydrogens is 322 g/mol. The number of thiazole rings is 1. The monoisotopic (exact) mass is 343 g/mol. The maximum Gasteiger partial charge on any atom is 0.147 e. The van der Waals surface area contributed by atoms with Crippen molar-refractivity contribution in [1.29, 1.82) is 0 Å². The molecule has 1 aliphatic heterocycles. The second kappa shape index (κ2) is 6.45. The third kappa shape index (κ3) is 3.25. The molecule has 0 aromatic carbocycles. The van der Waals surface area contributed by atoms with E-state index in [0.29, 0.717) is 5.92 Å². The zero-order valence-electron chi connectivity index (χ0n) is 14.0. The molecule has 7 nitrogen and oxygen atoms in total. The molecule has 0 saturated heterocycles. The molecule has 0 fully saturated rings. The van der Waals surface area contributed by atoms with E-state index in [-0.39, 0.29) is 0 Å². The lowest BCUT2D eigenvalue weighted by atomic mass is 10.1. The normalized spacial score (nSPS) is 18.5. The van der Waals surface area contributed by atoms with Crippen molar-refractivity contribution in [2.75, 3.05) is 6.54 Å². The van der Waals surface area contributed by atoms with Crippen LogP contribution in [0.5, 0.6) is 0 Å². The largest absolute Gasteiger partial charge is 0.333 e. The standard InChI is InChI=1S/C16H21N7S/c1-12-19-13(2)23(20-12)9-14-7-21(11-16-18-4-6-24-16)10-15-17-3-5-22(15)8-14/h3-6,14H,7-11H2,1-2H3/t14-/m1/s1. The van der Waals surface area contributed by atoms with Gasteiger partial charge in [-0.15, -0.1) is 11.3 Å². The van der Waals surface area contributed by atoms with Gasteiger partial charge in [-0.3, -0.25) is 4.90 Å². The van der Waals surface area contributed by atoms with Crippen LogP contribution >= 0.6 is 11.3 Å². The van der Waals surface area contributed by atoms with Gasteiger partial charge in [0.2, 0.25) is 0 Å². The summed E-state index contributed by atoms with van der Waals surface area (Å²) in [6.07, 6.45) is 5.84. The quantitative estimate of drug-likeness (QED) is 0.724. The lowest BCUT2D eigenvalue weighted by Crippen LogP contribution is -2.30. The van der Waals surface area contributed by atoms with Crippen LogP contribution in [0.3, 0.4) is 0 Å². The van der Waals surface area contributed by atoms with E-state index in [1.807, 2.05) is 36.3 Å². The minimum absolute atomic E-state index is 0.459. The maximum absolute atomic E-state index is 4.53. The van der Waals surface area contributed by atoms with Gasteiger partial charge in [0.05, 0.1) is 13.1 Å². The summed E-state index contributed by atoms with van der Waals surface area (Å²) >= 11 is 1.71. The highest BCUT2D eigenvalue weighted by Crippen LogP contribution is 2.20. The molecule has 0 aliphatic carbocycles. The van der Waals surface area contributed by atoms with Crippen molar-refractivity contribution in [3.63, 3.8) is 0 Å². The first-order chi connectivity index (χ1) is 11.7. The molecular formula is C16H21N7S. The van der Waals surface area contributed by atoms with Crippen molar-refractivity contribution in [3.8, 4) is 0 Å². The average Bonchev–Trinajstić information content (AvgIpc) is 3.22. The zero-order valence-corrected chi connectivity index (χ0v) is 14.8. The van der Waals surface area contributed by atoms with Crippen LogP contribution in [-0.4, -0.2) is 40.7 Å². The fourth-order valence-electron chi connectivity index (χ4n) is 3.36. The second-order valence-electron chi connectivity index (χ2n) is 6.35. The van der Waals surface area contributed by atoms with E-state index in [1.165, 1.54) is 0 Å². The Hall–Kier alpha value is -2.06. The average molecular weight is 343 g/mol. The van der Waals surface area contributed by atoms with E-state index in [1.54, 1.807) is 11.3 Å². The van der Waals surface area contributed by atoms with Gasteiger partial charge in [-0.25, -0.2) is 19.6 Å². The van der Waals surface area contributed by atoms with Crippen molar-refractivity contribution in [3.05, 3.63) is 46.5 Å². The minimum Gasteiger partial charge on any atom is -0.333 e. The Morgan fingerprint density at radius 2 is 2.12 bits per heavy atom. The molecule has 4 rings (SSSR count). The van der Waals surface area contributed by atoms with Gasteiger partial charge in [0.1, 0.15) is 22.5 Å². The van der Waals surface area contributed by atoms with Gasteiger partial charge in [0.25, 0.3) is 0 Å². The van der Waals surface area contributed by atoms with Crippen LogP contribution in [0, 0.1) is 19.8 Å². The number of fused-ring (bicyclic) bond motifs is 1. The number of nitrogens with zero attached hydrogens (tertiary/aromatic N) is 7. The summed E-state index contributed by atoms with van der Waals surface area (Å²) in [6, 6.07) is 0. The van der Waals surface area contributed by atoms with E-state index in [2.05, 4.69) is 35.7 Å². The minimum atomic E-state index is 0.459. The van der Waals surface area contributed by atoms with Crippen molar-refractivity contribution in [1.82, 2.24) is 34.2 Å². The number of rotatable bonds is 4. The molecule has 0 bridgehead atoms. The first-order valence-electron chi connectivity index (χ1n) is 8.16. The van der Waals surface area contributed by atoms with Crippen molar-refractivity contribution < 1.29 is 0 Å². The zero-order chi connectivity index (χ0) is 16.5. The van der Waals surface area contributed by atoms with Crippen LogP contribution in [0.15, 0.2) is 24.0 Å². The SMILES string of the molecule is Cc1nc(C)n(C[C@@H]2CN(Cc3nccs3)Cc3nccn3C2)n1. The Morgan fingerprint density at radius 1 is 1.21 bits per heavy atom. The first kappa shape index (κ1) is 15.5. The van der Waals surface area contributed by atoms with Crippen LogP contribution in [0.1, 0.15) is 22.5 Å². The van der Waals surface area contributed by atoms with Crippen LogP contribution < -0.4 is 0 Å². The Balaban J connectivity index is 1.55. The van der Waals surface area contributed by atoms with Gasteiger partial charge in [0.15, 0.2) is 0 Å². The molecule has 0 unspecified atom stereocenters. The highest BCUT2D eigenvalue weighted by molar-refractivity contribution is 7.09. The Labute approximate surface area is 145 Å². The van der Waals surface area contributed by atoms with E-state index < -0.39 is 0 Å². The van der Waals surface area contributed by atoms with Gasteiger partial charge in [-0.05, 0) is 13.8 Å². The fraction of sp³-hybridized carbons (Fsp3) is 0.500. The van der Waals surface area contributed by atoms with Crippen LogP contribution in [0.2, 0.25) is 0 Å². The first-order valence-corrected chi connectivity index (χ1v) is 9.04. The second-order valence-corrected chi connectivity index (χ2v) is 7.32. The van der Waals surface area contributed by atoms with Crippen LogP contribution in [0.4, 0.5) is 0 Å². The molecule has 126 valence electrons. The van der Waals surface area contributed by atoms with Gasteiger partial charge < -0.3 is 4.57 Å². The summed E-state index contributed by atoms with van der Waals surface area (Å²) in [7, 11) is 0. The van der Waals surface area contributed by atoms with Gasteiger partial charge in [0, 0.05) is 49.5 Å². The molecule has 1 atom stereocenters. The molecule has 8 heteroatoms. The van der Waals surface area contributed by atoms with E-state index in [9.17, 15) is 0 Å². The van der Waals surface area contributed by atoms with E-state index >= 15 is 0 Å². The van der Waals surface area contributed by atoms with Crippen LogP contribution in [-0.2, 0) is 26.2 Å². The summed E-state index contributed by atoms with van der Waals surface area (Å²) in [5.41, 5.74) is 0. The third-order valence-corrected chi connectivity index (χ3v) is 5.14. The summed E-state index contributed by atoms with van der Waals surface area (Å²) in [6.45, 7) is 8.53. The Morgan fingerprint density at radius 3 is 2.88 bits per heavy atom. The number of aryl methyl sites for hydroxylation is 2. The lowest BCUT2D eigenvalue weighted by molar-refractivity contribution is 0.204. The highest BCUT2D eigenvalue weighted by atomic mass is 32.1. The summed E-state index contributed by atoms with van der Waals surface area (Å²) in [5, 5.41) is 7.72. The van der Waals surface area contributed by atoms with Crippen molar-refractivity contribution in [2.45, 2.75) is 40.0 Å². The molecule has 0 N–H and O–H groups in total. The highest BCUT2D eigenvalue weighted by Gasteiger charge is 2.24. The molecule has 3 aromatic heterocycles. The van der Waals surface area contributed by atoms with Crippen molar-refractivity contribution in [2.24, 2.45) is 5.92 Å². The molecule has 0 saturated carbocycles. The molecule has 24 heavy (non-hydrogen) atoms. The summed E-state index contributed by atoms with van der Waals surface area (Å²) in [5.74, 6) is 3.40. The number of hydrogen-bond donors (Lipinski definition) is 0. The molecule has 1 aliphatic rings. The van der Waals surface area contributed by atoms with Gasteiger partial charge in [-0.2, -0.15) is 5.10 Å². The van der Waals surface area contributed by atoms with Crippen LogP contribution in [0.25, 0.3) is 0 Å². The number of imidazole rings is 1. The Bertz CT molecular complexity index is 804. The lowest BCUT2D eigenvalue weighted by Gasteiger charge is -2.23. The molecule has 3 aromatic rings. The van der Waals surface area contributed by atoms with Crippen molar-refractivity contribution >= 4 is 11.3 Å². The molecule has 0 spiro atoms. The van der Waals surface area contributed by atoms with E-state index in [4.69, 9.17) is 0 Å². The van der Waals surface area contributed by atoms with E-state index in [0.717, 1.165) is 55.2 Å². The van der Waals surface area contributed by atoms with Gasteiger partial charge in [-0.1, -0.05) is 0 Å². The number of hydrogen-bond acceptors (Lipinski definition) is 6.